The van der Waals surface area contributed by atoms with Crippen LogP contribution in [0.4, 0.5) is 13.2 Å². The summed E-state index contributed by atoms with van der Waals surface area (Å²) >= 11 is 0. The van der Waals surface area contributed by atoms with E-state index in [1.54, 1.807) is 4.90 Å². The highest BCUT2D eigenvalue weighted by molar-refractivity contribution is 5.81. The van der Waals surface area contributed by atoms with Crippen LogP contribution in [-0.4, -0.2) is 62.5 Å². The molecule has 0 N–H and O–H groups in total. The fraction of sp³-hybridized carbons (Fsp3) is 0.571. The second-order valence-electron chi connectivity index (χ2n) is 8.02. The lowest BCUT2D eigenvalue weighted by Crippen LogP contribution is -2.50. The Bertz CT molecular complexity index is 923. The van der Waals surface area contributed by atoms with Crippen molar-refractivity contribution in [1.29, 1.82) is 0 Å². The van der Waals surface area contributed by atoms with Crippen LogP contribution in [0.25, 0.3) is 5.65 Å². The van der Waals surface area contributed by atoms with Crippen molar-refractivity contribution in [3.63, 3.8) is 0 Å². The van der Waals surface area contributed by atoms with Crippen LogP contribution in [0.1, 0.15) is 50.9 Å². The number of pyridine rings is 1. The van der Waals surface area contributed by atoms with Gasteiger partial charge in [-0.25, -0.2) is 0 Å². The van der Waals surface area contributed by atoms with Crippen LogP contribution in [0.3, 0.4) is 0 Å². The first-order valence-electron chi connectivity index (χ1n) is 10.2. The van der Waals surface area contributed by atoms with Gasteiger partial charge < -0.3 is 4.90 Å². The molecule has 1 aliphatic rings. The summed E-state index contributed by atoms with van der Waals surface area (Å²) in [5.74, 6) is 0.449. The average molecular weight is 423 g/mol. The number of nitrogens with zero attached hydrogens (tertiary/aromatic N) is 5. The van der Waals surface area contributed by atoms with Gasteiger partial charge in [-0.2, -0.15) is 13.2 Å². The van der Waals surface area contributed by atoms with Crippen molar-refractivity contribution in [2.75, 3.05) is 26.2 Å². The molecule has 0 spiro atoms. The molecule has 0 aliphatic carbocycles. The van der Waals surface area contributed by atoms with Crippen molar-refractivity contribution in [3.05, 3.63) is 41.9 Å². The molecule has 3 heterocycles. The van der Waals surface area contributed by atoms with Gasteiger partial charge in [-0.1, -0.05) is 12.2 Å². The number of hydrogen-bond donors (Lipinski definition) is 0. The van der Waals surface area contributed by atoms with Crippen LogP contribution >= 0.6 is 0 Å². The van der Waals surface area contributed by atoms with Crippen LogP contribution in [-0.2, 0) is 11.0 Å². The molecule has 3 rings (SSSR count). The maximum Gasteiger partial charge on any atom is 0.417 e. The highest BCUT2D eigenvalue weighted by atomic mass is 19.4. The van der Waals surface area contributed by atoms with E-state index in [2.05, 4.69) is 21.7 Å². The van der Waals surface area contributed by atoms with Gasteiger partial charge in [0.1, 0.15) is 5.82 Å². The normalized spacial score (nSPS) is 19.1. The lowest BCUT2D eigenvalue weighted by molar-refractivity contribution is -0.138. The molecule has 30 heavy (non-hydrogen) atoms. The number of carbonyl (C=O) groups is 1. The molecule has 0 saturated carbocycles. The average Bonchev–Trinajstić information content (AvgIpc) is 3.13. The first kappa shape index (κ1) is 22.3. The third kappa shape index (κ3) is 4.66. The lowest BCUT2D eigenvalue weighted by Gasteiger charge is -2.37. The Balaban J connectivity index is 1.81. The Morgan fingerprint density at radius 2 is 2.10 bits per heavy atom. The smallest absolute Gasteiger partial charge is 0.338 e. The van der Waals surface area contributed by atoms with Gasteiger partial charge in [-0.3, -0.25) is 14.1 Å². The maximum absolute atomic E-state index is 13.1. The summed E-state index contributed by atoms with van der Waals surface area (Å²) in [5.41, 5.74) is 0.577. The van der Waals surface area contributed by atoms with E-state index in [1.807, 2.05) is 20.8 Å². The van der Waals surface area contributed by atoms with Gasteiger partial charge in [0.2, 0.25) is 5.91 Å². The number of likely N-dealkylation sites (tertiary alicyclic amines) is 1. The van der Waals surface area contributed by atoms with E-state index in [1.165, 1.54) is 10.5 Å². The van der Waals surface area contributed by atoms with E-state index in [0.29, 0.717) is 31.1 Å². The van der Waals surface area contributed by atoms with E-state index in [-0.39, 0.29) is 17.9 Å². The first-order valence-corrected chi connectivity index (χ1v) is 10.2. The summed E-state index contributed by atoms with van der Waals surface area (Å²) in [6.45, 7) is 12.0. The molecule has 1 amide bonds. The minimum atomic E-state index is -4.43. The summed E-state index contributed by atoms with van der Waals surface area (Å²) < 4.78 is 40.9. The molecule has 6 nitrogen and oxygen atoms in total. The molecule has 0 bridgehead atoms. The molecule has 2 aromatic rings. The molecule has 2 atom stereocenters. The predicted molar refractivity (Wildman–Crippen MR) is 108 cm³/mol. The molecule has 1 fully saturated rings. The Kier molecular flexibility index (Phi) is 6.50. The molecule has 0 radical (unpaired) electrons. The third-order valence-electron chi connectivity index (χ3n) is 5.63. The molecular formula is C21H28F3N5O. The third-order valence-corrected chi connectivity index (χ3v) is 5.63. The zero-order valence-electron chi connectivity index (χ0n) is 17.6. The number of alkyl halides is 3. The largest absolute Gasteiger partial charge is 0.417 e. The SMILES string of the molecule is C=C(C)CN(CC)C(=O)C(C)N1CCCC(c2nnc3ccc(C(F)(F)F)cn23)C1. The van der Waals surface area contributed by atoms with Crippen molar-refractivity contribution < 1.29 is 18.0 Å². The monoisotopic (exact) mass is 423 g/mol. The van der Waals surface area contributed by atoms with Gasteiger partial charge in [0.25, 0.3) is 0 Å². The van der Waals surface area contributed by atoms with E-state index < -0.39 is 11.7 Å². The minimum Gasteiger partial charge on any atom is -0.338 e. The quantitative estimate of drug-likeness (QED) is 0.665. The number of aromatic nitrogens is 3. The summed E-state index contributed by atoms with van der Waals surface area (Å²) in [6.07, 6.45) is -1.74. The zero-order chi connectivity index (χ0) is 22.1. The zero-order valence-corrected chi connectivity index (χ0v) is 17.6. The number of fused-ring (bicyclic) bond motifs is 1. The number of rotatable bonds is 6. The van der Waals surface area contributed by atoms with E-state index in [0.717, 1.165) is 37.2 Å². The Morgan fingerprint density at radius 3 is 2.73 bits per heavy atom. The van der Waals surface area contributed by atoms with Crippen LogP contribution < -0.4 is 0 Å². The molecular weight excluding hydrogens is 395 g/mol. The lowest BCUT2D eigenvalue weighted by atomic mass is 9.95. The van der Waals surface area contributed by atoms with Gasteiger partial charge in [-0.05, 0) is 52.3 Å². The van der Waals surface area contributed by atoms with E-state index in [4.69, 9.17) is 0 Å². The number of hydrogen-bond acceptors (Lipinski definition) is 4. The maximum atomic E-state index is 13.1. The fourth-order valence-corrected chi connectivity index (χ4v) is 4.02. The van der Waals surface area contributed by atoms with Gasteiger partial charge >= 0.3 is 6.18 Å². The molecule has 2 aromatic heterocycles. The number of halogens is 3. The van der Waals surface area contributed by atoms with Gasteiger partial charge in [0.15, 0.2) is 5.65 Å². The van der Waals surface area contributed by atoms with Crippen molar-refractivity contribution in [2.24, 2.45) is 0 Å². The second kappa shape index (κ2) is 8.75. The van der Waals surface area contributed by atoms with E-state index >= 15 is 0 Å². The molecule has 1 saturated heterocycles. The van der Waals surface area contributed by atoms with Crippen molar-refractivity contribution in [1.82, 2.24) is 24.4 Å². The summed E-state index contributed by atoms with van der Waals surface area (Å²) in [4.78, 5) is 16.8. The topological polar surface area (TPSA) is 53.7 Å². The molecule has 2 unspecified atom stereocenters. The summed E-state index contributed by atoms with van der Waals surface area (Å²) in [6, 6.07) is 2.03. The Morgan fingerprint density at radius 1 is 1.37 bits per heavy atom. The first-order chi connectivity index (χ1) is 14.1. The summed E-state index contributed by atoms with van der Waals surface area (Å²) in [5, 5.41) is 8.22. The van der Waals surface area contributed by atoms with Crippen molar-refractivity contribution >= 4 is 11.6 Å². The Hall–Kier alpha value is -2.42. The van der Waals surface area contributed by atoms with Crippen molar-refractivity contribution in [3.8, 4) is 0 Å². The van der Waals surface area contributed by atoms with Gasteiger partial charge in [0, 0.05) is 31.7 Å². The second-order valence-corrected chi connectivity index (χ2v) is 8.02. The van der Waals surface area contributed by atoms with Crippen LogP contribution in [0, 0.1) is 0 Å². The number of amides is 1. The van der Waals surface area contributed by atoms with Crippen LogP contribution in [0.15, 0.2) is 30.5 Å². The molecule has 9 heteroatoms. The van der Waals surface area contributed by atoms with Crippen molar-refractivity contribution in [2.45, 2.75) is 51.7 Å². The number of piperidine rings is 1. The molecule has 1 aliphatic heterocycles. The number of likely N-dealkylation sites (N-methyl/N-ethyl adjacent to an activating group) is 1. The minimum absolute atomic E-state index is 0.0339. The fourth-order valence-electron chi connectivity index (χ4n) is 4.02. The van der Waals surface area contributed by atoms with Gasteiger partial charge in [-0.15, -0.1) is 10.2 Å². The molecule has 164 valence electrons. The predicted octanol–water partition coefficient (Wildman–Crippen LogP) is 3.74. The highest BCUT2D eigenvalue weighted by Crippen LogP contribution is 2.31. The Labute approximate surface area is 174 Å². The highest BCUT2D eigenvalue weighted by Gasteiger charge is 2.34. The standard InChI is InChI=1S/C21H28F3N5O/c1-5-27(11-14(2)3)20(30)15(4)28-10-6-7-16(12-28)19-26-25-18-9-8-17(13-29(18)19)21(22,23)24/h8-9,13,15-16H,2,5-7,10-12H2,1,3-4H3. The van der Waals surface area contributed by atoms with Crippen LogP contribution in [0.5, 0.6) is 0 Å². The van der Waals surface area contributed by atoms with E-state index in [9.17, 15) is 18.0 Å². The number of carbonyl (C=O) groups excluding carboxylic acids is 1. The molecule has 0 aromatic carbocycles. The van der Waals surface area contributed by atoms with Crippen LogP contribution in [0.2, 0.25) is 0 Å². The van der Waals surface area contributed by atoms with Gasteiger partial charge in [0.05, 0.1) is 11.6 Å². The summed E-state index contributed by atoms with van der Waals surface area (Å²) in [7, 11) is 0.